The van der Waals surface area contributed by atoms with E-state index in [0.717, 1.165) is 25.5 Å². The summed E-state index contributed by atoms with van der Waals surface area (Å²) in [5.41, 5.74) is 0.0611. The molecule has 1 aromatic carbocycles. The molecule has 0 bridgehead atoms. The van der Waals surface area contributed by atoms with Crippen molar-refractivity contribution in [2.45, 2.75) is 25.9 Å². The SMILES string of the molecule is CCC1OCCC1CNc1ccc([N+](=O)[O-])cc1F. The molecule has 2 rings (SSSR count). The Labute approximate surface area is 110 Å². The molecule has 1 aromatic rings. The van der Waals surface area contributed by atoms with E-state index in [4.69, 9.17) is 4.74 Å². The number of nitrogens with one attached hydrogen (secondary N) is 1. The number of hydrogen-bond donors (Lipinski definition) is 1. The van der Waals surface area contributed by atoms with Crippen LogP contribution in [0.5, 0.6) is 0 Å². The lowest BCUT2D eigenvalue weighted by Crippen LogP contribution is -2.23. The molecular formula is C13H17FN2O3. The van der Waals surface area contributed by atoms with Crippen LogP contribution in [0.15, 0.2) is 18.2 Å². The Morgan fingerprint density at radius 1 is 1.58 bits per heavy atom. The molecule has 0 saturated carbocycles. The molecule has 104 valence electrons. The first kappa shape index (κ1) is 13.7. The summed E-state index contributed by atoms with van der Waals surface area (Å²) in [5.74, 6) is -0.235. The molecule has 1 heterocycles. The first-order valence-corrected chi connectivity index (χ1v) is 6.41. The Balaban J connectivity index is 1.98. The predicted molar refractivity (Wildman–Crippen MR) is 69.7 cm³/mol. The molecule has 1 fully saturated rings. The van der Waals surface area contributed by atoms with Crippen molar-refractivity contribution in [1.29, 1.82) is 0 Å². The molecule has 2 atom stereocenters. The highest BCUT2D eigenvalue weighted by molar-refractivity contribution is 5.50. The predicted octanol–water partition coefficient (Wildman–Crippen LogP) is 2.96. The van der Waals surface area contributed by atoms with Gasteiger partial charge in [-0.3, -0.25) is 10.1 Å². The summed E-state index contributed by atoms with van der Waals surface area (Å²) in [6, 6.07) is 3.64. The second-order valence-corrected chi connectivity index (χ2v) is 4.67. The second kappa shape index (κ2) is 5.97. The topological polar surface area (TPSA) is 64.4 Å². The lowest BCUT2D eigenvalue weighted by molar-refractivity contribution is -0.385. The largest absolute Gasteiger partial charge is 0.382 e. The van der Waals surface area contributed by atoms with Crippen molar-refractivity contribution in [3.05, 3.63) is 34.1 Å². The average Bonchev–Trinajstić information content (AvgIpc) is 2.84. The molecule has 0 amide bonds. The molecule has 2 unspecified atom stereocenters. The average molecular weight is 268 g/mol. The van der Waals surface area contributed by atoms with E-state index in [1.165, 1.54) is 12.1 Å². The highest BCUT2D eigenvalue weighted by atomic mass is 19.1. The monoisotopic (exact) mass is 268 g/mol. The van der Waals surface area contributed by atoms with Gasteiger partial charge in [-0.05, 0) is 18.9 Å². The maximum absolute atomic E-state index is 13.7. The summed E-state index contributed by atoms with van der Waals surface area (Å²) in [5, 5.41) is 13.5. The van der Waals surface area contributed by atoms with E-state index in [0.29, 0.717) is 18.2 Å². The van der Waals surface area contributed by atoms with Crippen molar-refractivity contribution in [3.63, 3.8) is 0 Å². The van der Waals surface area contributed by atoms with Gasteiger partial charge in [0.25, 0.3) is 5.69 Å². The minimum Gasteiger partial charge on any atom is -0.382 e. The van der Waals surface area contributed by atoms with Crippen molar-refractivity contribution in [2.24, 2.45) is 5.92 Å². The lowest BCUT2D eigenvalue weighted by atomic mass is 9.99. The molecule has 0 aromatic heterocycles. The molecule has 0 spiro atoms. The molecule has 1 N–H and O–H groups in total. The third kappa shape index (κ3) is 3.20. The Morgan fingerprint density at radius 2 is 2.37 bits per heavy atom. The second-order valence-electron chi connectivity index (χ2n) is 4.67. The first-order chi connectivity index (χ1) is 9.11. The van der Waals surface area contributed by atoms with E-state index >= 15 is 0 Å². The zero-order valence-electron chi connectivity index (χ0n) is 10.8. The van der Waals surface area contributed by atoms with Crippen LogP contribution < -0.4 is 5.32 Å². The number of hydrogen-bond acceptors (Lipinski definition) is 4. The Bertz CT molecular complexity index is 467. The molecule has 1 aliphatic rings. The Hall–Kier alpha value is -1.69. The van der Waals surface area contributed by atoms with Gasteiger partial charge in [-0.15, -0.1) is 0 Å². The Kier molecular flexibility index (Phi) is 4.31. The number of benzene rings is 1. The van der Waals surface area contributed by atoms with Gasteiger partial charge in [-0.2, -0.15) is 0 Å². The van der Waals surface area contributed by atoms with Gasteiger partial charge in [0, 0.05) is 25.1 Å². The van der Waals surface area contributed by atoms with E-state index in [2.05, 4.69) is 12.2 Å². The van der Waals surface area contributed by atoms with E-state index < -0.39 is 10.7 Å². The number of anilines is 1. The maximum atomic E-state index is 13.7. The van der Waals surface area contributed by atoms with Gasteiger partial charge < -0.3 is 10.1 Å². The fraction of sp³-hybridized carbons (Fsp3) is 0.538. The Morgan fingerprint density at radius 3 is 3.00 bits per heavy atom. The van der Waals surface area contributed by atoms with Crippen LogP contribution in [0, 0.1) is 21.8 Å². The van der Waals surface area contributed by atoms with Gasteiger partial charge in [0.1, 0.15) is 0 Å². The van der Waals surface area contributed by atoms with Crippen LogP contribution in [-0.2, 0) is 4.74 Å². The summed E-state index contributed by atoms with van der Waals surface area (Å²) in [6.45, 7) is 3.43. The molecule has 5 nitrogen and oxygen atoms in total. The van der Waals surface area contributed by atoms with Crippen molar-refractivity contribution >= 4 is 11.4 Å². The van der Waals surface area contributed by atoms with Crippen LogP contribution >= 0.6 is 0 Å². The van der Waals surface area contributed by atoms with Crippen LogP contribution in [0.25, 0.3) is 0 Å². The van der Waals surface area contributed by atoms with Crippen LogP contribution in [0.4, 0.5) is 15.8 Å². The van der Waals surface area contributed by atoms with E-state index in [9.17, 15) is 14.5 Å². The van der Waals surface area contributed by atoms with Gasteiger partial charge in [0.05, 0.1) is 22.8 Å². The van der Waals surface area contributed by atoms with Crippen LogP contribution in [0.1, 0.15) is 19.8 Å². The van der Waals surface area contributed by atoms with Crippen LogP contribution in [0.3, 0.4) is 0 Å². The van der Waals surface area contributed by atoms with Crippen molar-refractivity contribution in [2.75, 3.05) is 18.5 Å². The van der Waals surface area contributed by atoms with Gasteiger partial charge >= 0.3 is 0 Å². The first-order valence-electron chi connectivity index (χ1n) is 6.41. The smallest absolute Gasteiger partial charge is 0.272 e. The quantitative estimate of drug-likeness (QED) is 0.658. The number of ether oxygens (including phenoxy) is 1. The highest BCUT2D eigenvalue weighted by Gasteiger charge is 2.26. The number of nitrogens with zero attached hydrogens (tertiary/aromatic N) is 1. The highest BCUT2D eigenvalue weighted by Crippen LogP contribution is 2.25. The normalized spacial score (nSPS) is 22.4. The van der Waals surface area contributed by atoms with Crippen LogP contribution in [0.2, 0.25) is 0 Å². The van der Waals surface area contributed by atoms with Gasteiger partial charge in [0.15, 0.2) is 5.82 Å². The molecule has 0 aliphatic carbocycles. The number of rotatable bonds is 5. The summed E-state index contributed by atoms with van der Waals surface area (Å²) in [4.78, 5) is 9.91. The summed E-state index contributed by atoms with van der Waals surface area (Å²) < 4.78 is 19.2. The zero-order valence-corrected chi connectivity index (χ0v) is 10.8. The molecule has 1 saturated heterocycles. The standard InChI is InChI=1S/C13H17FN2O3/c1-2-13-9(5-6-19-13)8-15-12-4-3-10(16(17)18)7-11(12)14/h3-4,7,9,13,15H,2,5-6,8H2,1H3. The number of halogens is 1. The number of nitro benzene ring substituents is 1. The molecule has 0 radical (unpaired) electrons. The van der Waals surface area contributed by atoms with Gasteiger partial charge in [-0.1, -0.05) is 6.92 Å². The number of non-ortho nitro benzene ring substituents is 1. The van der Waals surface area contributed by atoms with Crippen molar-refractivity contribution < 1.29 is 14.1 Å². The molecule has 6 heteroatoms. The summed E-state index contributed by atoms with van der Waals surface area (Å²) >= 11 is 0. The molecule has 1 aliphatic heterocycles. The minimum atomic E-state index is -0.606. The van der Waals surface area contributed by atoms with Gasteiger partial charge in [-0.25, -0.2) is 4.39 Å². The van der Waals surface area contributed by atoms with Crippen molar-refractivity contribution in [3.8, 4) is 0 Å². The van der Waals surface area contributed by atoms with E-state index in [1.54, 1.807) is 0 Å². The minimum absolute atomic E-state index is 0.216. The van der Waals surface area contributed by atoms with E-state index in [1.807, 2.05) is 0 Å². The van der Waals surface area contributed by atoms with Crippen LogP contribution in [-0.4, -0.2) is 24.2 Å². The lowest BCUT2D eigenvalue weighted by Gasteiger charge is -2.18. The third-order valence-corrected chi connectivity index (χ3v) is 3.47. The summed E-state index contributed by atoms with van der Waals surface area (Å²) in [7, 11) is 0. The zero-order chi connectivity index (χ0) is 13.8. The van der Waals surface area contributed by atoms with E-state index in [-0.39, 0.29) is 11.8 Å². The van der Waals surface area contributed by atoms with Gasteiger partial charge in [0.2, 0.25) is 0 Å². The maximum Gasteiger partial charge on any atom is 0.272 e. The third-order valence-electron chi connectivity index (χ3n) is 3.47. The summed E-state index contributed by atoms with van der Waals surface area (Å²) in [6.07, 6.45) is 2.11. The fourth-order valence-electron chi connectivity index (χ4n) is 2.38. The van der Waals surface area contributed by atoms with Crippen molar-refractivity contribution in [1.82, 2.24) is 0 Å². The number of nitro groups is 1. The molecular weight excluding hydrogens is 251 g/mol. The fourth-order valence-corrected chi connectivity index (χ4v) is 2.38. The molecule has 19 heavy (non-hydrogen) atoms.